The number of phenols is 1. The van der Waals surface area contributed by atoms with Crippen LogP contribution < -0.4 is 75.7 Å². The lowest BCUT2D eigenvalue weighted by Crippen LogP contribution is -2.61. The van der Waals surface area contributed by atoms with E-state index in [4.69, 9.17) is 22.3 Å². The van der Waals surface area contributed by atoms with Gasteiger partial charge in [-0.05, 0) is 61.8 Å². The van der Waals surface area contributed by atoms with Gasteiger partial charge >= 0.3 is 23.9 Å². The maximum Gasteiger partial charge on any atom is 0.326 e. The Hall–Kier alpha value is -10.9. The topological polar surface area (TPSA) is 622 Å². The summed E-state index contributed by atoms with van der Waals surface area (Å²) in [6, 6.07) is -5.86. The Morgan fingerprint density at radius 2 is 0.806 bits per heavy atom. The number of benzene rings is 2. The Balaban J connectivity index is 2.34. The van der Waals surface area contributed by atoms with Crippen LogP contribution in [0.5, 0.6) is 5.75 Å². The number of phenolic OH excluding ortho intramolecular Hbond substituents is 1. The number of hydrogen-bond donors (Lipinski definition) is 20. The maximum atomic E-state index is 14.2. The van der Waals surface area contributed by atoms with E-state index >= 15 is 0 Å². The molecule has 0 fully saturated rings. The second-order valence-corrected chi connectivity index (χ2v) is 23.2. The second-order valence-electron chi connectivity index (χ2n) is 23.2. The summed E-state index contributed by atoms with van der Waals surface area (Å²) in [7, 11) is 0. The molecule has 2 aromatic rings. The molecule has 37 nitrogen and oxygen atoms in total. The smallest absolute Gasteiger partial charge is 0.326 e. The van der Waals surface area contributed by atoms with Crippen molar-refractivity contribution in [1.82, 2.24) is 58.5 Å². The predicted octanol–water partition coefficient (Wildman–Crippen LogP) is -6.00. The Labute approximate surface area is 561 Å². The highest BCUT2D eigenvalue weighted by Crippen LogP contribution is 2.15. The van der Waals surface area contributed by atoms with Crippen molar-refractivity contribution in [1.29, 1.82) is 0 Å². The van der Waals surface area contributed by atoms with Gasteiger partial charge in [-0.2, -0.15) is 0 Å². The van der Waals surface area contributed by atoms with E-state index in [0.717, 1.165) is 13.8 Å². The van der Waals surface area contributed by atoms with Gasteiger partial charge in [-0.3, -0.25) is 76.7 Å². The molecule has 2 aromatic carbocycles. The number of carboxylic acids is 4. The molecule has 14 atom stereocenters. The first kappa shape index (κ1) is 83.2. The van der Waals surface area contributed by atoms with Crippen LogP contribution in [-0.4, -0.2) is 210 Å². The highest BCUT2D eigenvalue weighted by molar-refractivity contribution is 6.00. The van der Waals surface area contributed by atoms with Crippen LogP contribution in [0.3, 0.4) is 0 Å². The van der Waals surface area contributed by atoms with E-state index in [9.17, 15) is 107 Å². The van der Waals surface area contributed by atoms with E-state index in [1.54, 1.807) is 32.0 Å². The summed E-state index contributed by atoms with van der Waals surface area (Å²) in [4.78, 5) is 222. The van der Waals surface area contributed by atoms with Crippen LogP contribution in [0.25, 0.3) is 0 Å². The van der Waals surface area contributed by atoms with Crippen molar-refractivity contribution in [2.75, 3.05) is 6.54 Å². The van der Waals surface area contributed by atoms with Gasteiger partial charge in [0.2, 0.25) is 76.8 Å². The first-order valence-corrected chi connectivity index (χ1v) is 30.9. The van der Waals surface area contributed by atoms with Gasteiger partial charge in [-0.15, -0.1) is 0 Å². The normalized spacial score (nSPS) is 15.2. The van der Waals surface area contributed by atoms with Gasteiger partial charge < -0.3 is 106 Å². The van der Waals surface area contributed by atoms with Crippen LogP contribution in [0.4, 0.5) is 0 Å². The molecule has 0 spiro atoms. The predicted molar refractivity (Wildman–Crippen MR) is 340 cm³/mol. The number of aliphatic carboxylic acids is 4. The lowest BCUT2D eigenvalue weighted by atomic mass is 9.97. The molecule has 23 N–H and O–H groups in total. The van der Waals surface area contributed by atoms with Crippen LogP contribution in [0.1, 0.15) is 110 Å². The quantitative estimate of drug-likeness (QED) is 0.0294. The Morgan fingerprint density at radius 3 is 1.27 bits per heavy atom. The molecule has 0 saturated carbocycles. The van der Waals surface area contributed by atoms with Crippen molar-refractivity contribution in [3.05, 3.63) is 65.7 Å². The SMILES string of the molecule is CC[C@H](C)[C@H](NC(=O)[C@H](CC(=O)O)NC(=O)[C@H](Cc1ccccc1)NC(=O)[C@H](CCC(N)=O)NC(=O)[C@H](CC(=O)O)NC(=O)[C@H](C)NC(=O)[C@@H](NC(=O)[C@@H](NC(=O)CNC(=O)[C@H](CCC(N)=O)NC(=O)[C@H](Cc1ccc(O)cc1)NC(=O)[C@@H](N)CC(=O)O)[C@@H](C)O)[C@@H](C)CC)C(=O)O. The number of nitrogens with two attached hydrogens (primary N) is 3. The van der Waals surface area contributed by atoms with Crippen molar-refractivity contribution >= 4 is 101 Å². The summed E-state index contributed by atoms with van der Waals surface area (Å²) in [5.74, 6) is -22.5. The summed E-state index contributed by atoms with van der Waals surface area (Å²) in [6.07, 6.45) is -7.24. The molecule has 98 heavy (non-hydrogen) atoms. The standard InChI is InChI=1S/C61H88N14O23/c1-7-28(3)48(74-60(96)50(31(6)76)73-44(80)27-65-53(89)36(18-20-42(63)78)67-55(91)38(23-33-14-16-34(77)17-15-33)70-52(88)35(62)24-45(81)82)59(95)66-30(5)51(87)69-40(25-46(83)84)57(93)68-37(19-21-43(64)79)54(90)71-39(22-32-12-10-9-11-13-32)56(92)72-41(26-47(85)86)58(94)75-49(61(97)98)29(4)8-2/h9-17,28-31,35-41,48-50,76-77H,7-8,18-27,62H2,1-6H3,(H2,63,78)(H2,64,79)(H,65,89)(H,66,95)(H,67,91)(H,68,93)(H,69,87)(H,70,88)(H,71,90)(H,72,92)(H,73,80)(H,74,96)(H,75,94)(H,81,82)(H,83,84)(H,85,86)(H,97,98)/t28-,29-,30-,31+,35-,36-,37-,38-,39-,40-,41-,48-,49-,50-/m0/s1. The van der Waals surface area contributed by atoms with Gasteiger partial charge in [0, 0.05) is 25.7 Å². The number of aliphatic hydroxyl groups excluding tert-OH is 1. The van der Waals surface area contributed by atoms with Crippen LogP contribution in [0, 0.1) is 11.8 Å². The molecule has 13 amide bonds. The zero-order valence-electron chi connectivity index (χ0n) is 54.6. The zero-order chi connectivity index (χ0) is 74.3. The summed E-state index contributed by atoms with van der Waals surface area (Å²) < 4.78 is 0. The van der Waals surface area contributed by atoms with Gasteiger partial charge in [-0.25, -0.2) is 4.79 Å². The van der Waals surface area contributed by atoms with Crippen molar-refractivity contribution in [2.24, 2.45) is 29.0 Å². The van der Waals surface area contributed by atoms with Gasteiger partial charge in [0.05, 0.1) is 38.0 Å². The van der Waals surface area contributed by atoms with E-state index in [0.29, 0.717) is 11.1 Å². The fourth-order valence-corrected chi connectivity index (χ4v) is 9.13. The number of aliphatic hydroxyl groups is 1. The fraction of sp³-hybridized carbons (Fsp3) is 0.525. The average Bonchev–Trinajstić information content (AvgIpc) is 0.864. The summed E-state index contributed by atoms with van der Waals surface area (Å²) >= 11 is 0. The molecule has 540 valence electrons. The number of primary amides is 2. The molecule has 0 aliphatic heterocycles. The number of carbonyl (C=O) groups is 17. The summed E-state index contributed by atoms with van der Waals surface area (Å²) in [5, 5.41) is 83.8. The highest BCUT2D eigenvalue weighted by atomic mass is 16.4. The summed E-state index contributed by atoms with van der Waals surface area (Å²) in [6.45, 7) is 7.43. The van der Waals surface area contributed by atoms with E-state index in [1.165, 1.54) is 50.2 Å². The van der Waals surface area contributed by atoms with E-state index in [-0.39, 0.29) is 31.4 Å². The number of nitrogens with one attached hydrogen (secondary N) is 11. The number of aromatic hydroxyl groups is 1. The monoisotopic (exact) mass is 1380 g/mol. The Kier molecular flexibility index (Phi) is 35.0. The number of amides is 13. The maximum absolute atomic E-state index is 14.2. The number of carbonyl (C=O) groups excluding carboxylic acids is 13. The lowest BCUT2D eigenvalue weighted by molar-refractivity contribution is -0.145. The Morgan fingerprint density at radius 1 is 0.418 bits per heavy atom. The van der Waals surface area contributed by atoms with Gasteiger partial charge in [0.15, 0.2) is 0 Å². The van der Waals surface area contributed by atoms with E-state index in [1.807, 2.05) is 0 Å². The average molecular weight is 1390 g/mol. The molecule has 0 aliphatic carbocycles. The van der Waals surface area contributed by atoms with Gasteiger partial charge in [0.25, 0.3) is 0 Å². The first-order chi connectivity index (χ1) is 45.9. The molecular formula is C61H88N14O23. The third kappa shape index (κ3) is 29.8. The van der Waals surface area contributed by atoms with Crippen molar-refractivity contribution < 1.29 is 112 Å². The molecular weight excluding hydrogens is 1300 g/mol. The number of carboxylic acid groups (broad SMARTS) is 4. The van der Waals surface area contributed by atoms with Crippen molar-refractivity contribution in [3.8, 4) is 5.75 Å². The minimum Gasteiger partial charge on any atom is -0.508 e. The largest absolute Gasteiger partial charge is 0.508 e. The molecule has 0 aliphatic rings. The van der Waals surface area contributed by atoms with Crippen LogP contribution >= 0.6 is 0 Å². The molecule has 37 heteroatoms. The third-order valence-electron chi connectivity index (χ3n) is 15.1. The van der Waals surface area contributed by atoms with E-state index in [2.05, 4.69) is 58.5 Å². The van der Waals surface area contributed by atoms with Crippen molar-refractivity contribution in [2.45, 2.75) is 185 Å². The molecule has 0 radical (unpaired) electrons. The minimum atomic E-state index is -2.07. The summed E-state index contributed by atoms with van der Waals surface area (Å²) in [5.41, 5.74) is 17.1. The molecule has 0 heterocycles. The van der Waals surface area contributed by atoms with Crippen LogP contribution in [0.15, 0.2) is 54.6 Å². The number of rotatable bonds is 44. The number of hydrogen-bond acceptors (Lipinski definition) is 20. The van der Waals surface area contributed by atoms with Gasteiger partial charge in [-0.1, -0.05) is 83.0 Å². The first-order valence-electron chi connectivity index (χ1n) is 30.9. The lowest BCUT2D eigenvalue weighted by Gasteiger charge is -2.29. The van der Waals surface area contributed by atoms with Gasteiger partial charge in [0.1, 0.15) is 66.2 Å². The van der Waals surface area contributed by atoms with Crippen molar-refractivity contribution in [3.63, 3.8) is 0 Å². The molecule has 0 unspecified atom stereocenters. The highest BCUT2D eigenvalue weighted by Gasteiger charge is 2.38. The Bertz CT molecular complexity index is 3190. The molecule has 0 bridgehead atoms. The molecule has 0 saturated heterocycles. The third-order valence-corrected chi connectivity index (χ3v) is 15.1. The minimum absolute atomic E-state index is 0.147. The molecule has 2 rings (SSSR count). The molecule has 0 aromatic heterocycles. The van der Waals surface area contributed by atoms with Crippen LogP contribution in [-0.2, 0) is 94.3 Å². The van der Waals surface area contributed by atoms with E-state index < -0.39 is 237 Å². The fourth-order valence-electron chi connectivity index (χ4n) is 9.13. The second kappa shape index (κ2) is 41.2. The zero-order valence-corrected chi connectivity index (χ0v) is 54.6. The van der Waals surface area contributed by atoms with Crippen LogP contribution in [0.2, 0.25) is 0 Å².